The number of pyridine rings is 1. The Kier molecular flexibility index (Phi) is 5.61. The molecule has 0 aliphatic heterocycles. The molecule has 0 saturated heterocycles. The monoisotopic (exact) mass is 435 g/mol. The van der Waals surface area contributed by atoms with Crippen LogP contribution in [0.4, 0.5) is 0 Å². The molecule has 2 aromatic heterocycles. The van der Waals surface area contributed by atoms with Gasteiger partial charge in [0.2, 0.25) is 0 Å². The highest BCUT2D eigenvalue weighted by atomic mass is 35.5. The molecule has 2 aromatic carbocycles. The van der Waals surface area contributed by atoms with E-state index in [9.17, 15) is 9.00 Å². The van der Waals surface area contributed by atoms with Crippen LogP contribution < -0.4 is 0 Å². The highest BCUT2D eigenvalue weighted by Gasteiger charge is 2.17. The molecule has 7 heteroatoms. The maximum absolute atomic E-state index is 11.9. The molecule has 0 saturated carbocycles. The second-order valence-electron chi connectivity index (χ2n) is 6.75. The van der Waals surface area contributed by atoms with E-state index in [-0.39, 0.29) is 5.78 Å². The number of hydrogen-bond acceptors (Lipinski definition) is 4. The Hall–Kier alpha value is -3.09. The van der Waals surface area contributed by atoms with Gasteiger partial charge in [0.25, 0.3) is 0 Å². The lowest BCUT2D eigenvalue weighted by Crippen LogP contribution is -2.03. The van der Waals surface area contributed by atoms with Gasteiger partial charge in [-0.25, -0.2) is 9.67 Å². The summed E-state index contributed by atoms with van der Waals surface area (Å²) >= 11 is 6.38. The topological polar surface area (TPSA) is 64.8 Å². The number of carbonyl (C=O) groups is 1. The molecule has 1 unspecified atom stereocenters. The van der Waals surface area contributed by atoms with Crippen LogP contribution in [0.1, 0.15) is 17.4 Å². The van der Waals surface area contributed by atoms with E-state index in [1.165, 1.54) is 6.92 Å². The second-order valence-corrected chi connectivity index (χ2v) is 8.54. The largest absolute Gasteiger partial charge is 0.293 e. The summed E-state index contributed by atoms with van der Waals surface area (Å²) in [4.78, 5) is 17.2. The molecule has 30 heavy (non-hydrogen) atoms. The van der Waals surface area contributed by atoms with Crippen molar-refractivity contribution in [3.63, 3.8) is 0 Å². The Morgan fingerprint density at radius 1 is 1.00 bits per heavy atom. The summed E-state index contributed by atoms with van der Waals surface area (Å²) in [5, 5.41) is 5.01. The molecule has 150 valence electrons. The number of nitrogens with zero attached hydrogens (tertiary/aromatic N) is 3. The van der Waals surface area contributed by atoms with E-state index in [1.807, 2.05) is 54.6 Å². The molecule has 0 radical (unpaired) electrons. The number of carbonyl (C=O) groups excluding carboxylic acids is 1. The quantitative estimate of drug-likeness (QED) is 0.404. The van der Waals surface area contributed by atoms with E-state index in [2.05, 4.69) is 10.1 Å². The fourth-order valence-corrected chi connectivity index (χ4v) is 3.92. The molecular weight excluding hydrogens is 418 g/mol. The first-order valence-electron chi connectivity index (χ1n) is 9.20. The van der Waals surface area contributed by atoms with Crippen LogP contribution in [0.2, 0.25) is 5.02 Å². The summed E-state index contributed by atoms with van der Waals surface area (Å²) in [6, 6.07) is 20.4. The number of benzene rings is 2. The minimum atomic E-state index is -1.05. The van der Waals surface area contributed by atoms with Crippen LogP contribution in [0.5, 0.6) is 0 Å². The lowest BCUT2D eigenvalue weighted by Gasteiger charge is -2.09. The van der Waals surface area contributed by atoms with Gasteiger partial charge in [-0.3, -0.25) is 9.00 Å². The van der Waals surface area contributed by atoms with Crippen LogP contribution in [-0.4, -0.2) is 31.0 Å². The van der Waals surface area contributed by atoms with Gasteiger partial charge in [-0.1, -0.05) is 41.9 Å². The number of Topliss-reactive ketones (excluding diaryl/α,β-unsaturated/α-hetero) is 1. The molecule has 0 aliphatic carbocycles. The summed E-state index contributed by atoms with van der Waals surface area (Å²) < 4.78 is 13.4. The summed E-state index contributed by atoms with van der Waals surface area (Å²) in [7, 11) is -1.05. The summed E-state index contributed by atoms with van der Waals surface area (Å²) in [6.07, 6.45) is 3.39. The van der Waals surface area contributed by atoms with Crippen molar-refractivity contribution < 1.29 is 9.00 Å². The molecule has 0 spiro atoms. The zero-order valence-electron chi connectivity index (χ0n) is 16.4. The van der Waals surface area contributed by atoms with Gasteiger partial charge >= 0.3 is 0 Å². The number of hydrogen-bond donors (Lipinski definition) is 0. The zero-order valence-corrected chi connectivity index (χ0v) is 17.9. The Morgan fingerprint density at radius 2 is 1.80 bits per heavy atom. The minimum absolute atomic E-state index is 0.136. The van der Waals surface area contributed by atoms with Gasteiger partial charge in [0.15, 0.2) is 11.6 Å². The lowest BCUT2D eigenvalue weighted by atomic mass is 10.1. The maximum atomic E-state index is 11.9. The molecule has 0 bridgehead atoms. The van der Waals surface area contributed by atoms with Gasteiger partial charge in [0, 0.05) is 51.2 Å². The summed E-state index contributed by atoms with van der Waals surface area (Å²) in [5.74, 6) is 0.430. The third-order valence-electron chi connectivity index (χ3n) is 4.68. The SMILES string of the molecule is CC(=O)c1cc(-c2ccccc2Cl)n(-c2ccc(-c3cccc(S(C)=O)c3)cn2)n1. The summed E-state index contributed by atoms with van der Waals surface area (Å²) in [6.45, 7) is 1.48. The molecule has 0 fully saturated rings. The van der Waals surface area contributed by atoms with Crippen LogP contribution in [0, 0.1) is 0 Å². The molecular formula is C23H18ClN3O2S. The predicted octanol–water partition coefficient (Wildman–Crippen LogP) is 5.19. The standard InChI is InChI=1S/C23H18ClN3O2S/c1-15(28)21-13-22(19-8-3-4-9-20(19)24)27(26-21)23-11-10-17(14-25-23)16-6-5-7-18(12-16)30(2)29/h3-14H,1-2H3. The van der Waals surface area contributed by atoms with Crippen molar-refractivity contribution in [1.29, 1.82) is 0 Å². The van der Waals surface area contributed by atoms with E-state index in [4.69, 9.17) is 11.6 Å². The first-order chi connectivity index (χ1) is 14.4. The Balaban J connectivity index is 1.78. The third kappa shape index (κ3) is 3.97. The van der Waals surface area contributed by atoms with Crippen molar-refractivity contribution in [1.82, 2.24) is 14.8 Å². The van der Waals surface area contributed by atoms with Crippen molar-refractivity contribution in [2.24, 2.45) is 0 Å². The smallest absolute Gasteiger partial charge is 0.180 e. The Morgan fingerprint density at radius 3 is 2.47 bits per heavy atom. The van der Waals surface area contributed by atoms with Crippen LogP contribution in [0.15, 0.2) is 77.8 Å². The molecule has 4 aromatic rings. The highest BCUT2D eigenvalue weighted by molar-refractivity contribution is 7.84. The average molecular weight is 436 g/mol. The van der Waals surface area contributed by atoms with E-state index >= 15 is 0 Å². The van der Waals surface area contributed by atoms with E-state index in [0.29, 0.717) is 22.2 Å². The van der Waals surface area contributed by atoms with Crippen molar-refractivity contribution in [3.8, 4) is 28.2 Å². The van der Waals surface area contributed by atoms with Gasteiger partial charge in [0.1, 0.15) is 5.69 Å². The highest BCUT2D eigenvalue weighted by Crippen LogP contribution is 2.30. The van der Waals surface area contributed by atoms with Crippen molar-refractivity contribution in [3.05, 3.63) is 83.6 Å². The van der Waals surface area contributed by atoms with Crippen LogP contribution >= 0.6 is 11.6 Å². The second kappa shape index (κ2) is 8.34. The fraction of sp³-hybridized carbons (Fsp3) is 0.0870. The van der Waals surface area contributed by atoms with Crippen LogP contribution in [0.3, 0.4) is 0 Å². The molecule has 1 atom stereocenters. The maximum Gasteiger partial charge on any atom is 0.180 e. The number of halogens is 1. The van der Waals surface area contributed by atoms with Crippen molar-refractivity contribution >= 4 is 28.2 Å². The zero-order chi connectivity index (χ0) is 21.3. The third-order valence-corrected chi connectivity index (χ3v) is 5.93. The first kappa shape index (κ1) is 20.2. The van der Waals surface area contributed by atoms with Gasteiger partial charge in [-0.2, -0.15) is 5.10 Å². The molecule has 2 heterocycles. The number of ketones is 1. The van der Waals surface area contributed by atoms with Gasteiger partial charge in [0.05, 0.1) is 5.69 Å². The van der Waals surface area contributed by atoms with E-state index in [0.717, 1.165) is 21.6 Å². The normalized spacial score (nSPS) is 12.0. The Bertz CT molecular complexity index is 1270. The predicted molar refractivity (Wildman–Crippen MR) is 120 cm³/mol. The van der Waals surface area contributed by atoms with Gasteiger partial charge < -0.3 is 0 Å². The molecule has 0 aliphatic rings. The first-order valence-corrected chi connectivity index (χ1v) is 11.1. The Labute approximate surface area is 181 Å². The number of rotatable bonds is 5. The molecule has 0 N–H and O–H groups in total. The average Bonchev–Trinajstić information content (AvgIpc) is 3.20. The summed E-state index contributed by atoms with van der Waals surface area (Å²) in [5.41, 5.74) is 3.62. The van der Waals surface area contributed by atoms with Crippen LogP contribution in [0.25, 0.3) is 28.2 Å². The molecule has 5 nitrogen and oxygen atoms in total. The number of aromatic nitrogens is 3. The lowest BCUT2D eigenvalue weighted by molar-refractivity contribution is 0.101. The van der Waals surface area contributed by atoms with Gasteiger partial charge in [-0.05, 0) is 42.0 Å². The molecule has 0 amide bonds. The van der Waals surface area contributed by atoms with E-state index in [1.54, 1.807) is 29.3 Å². The van der Waals surface area contributed by atoms with Crippen molar-refractivity contribution in [2.45, 2.75) is 11.8 Å². The van der Waals surface area contributed by atoms with Gasteiger partial charge in [-0.15, -0.1) is 0 Å². The van der Waals surface area contributed by atoms with Crippen molar-refractivity contribution in [2.75, 3.05) is 6.26 Å². The van der Waals surface area contributed by atoms with E-state index < -0.39 is 10.8 Å². The fourth-order valence-electron chi connectivity index (χ4n) is 3.13. The van der Waals surface area contributed by atoms with Crippen LogP contribution in [-0.2, 0) is 10.8 Å². The minimum Gasteiger partial charge on any atom is -0.293 e. The molecule has 4 rings (SSSR count).